The zero-order valence-electron chi connectivity index (χ0n) is 15.8. The zero-order valence-corrected chi connectivity index (χ0v) is 15.8. The normalized spacial score (nSPS) is 23.0. The van der Waals surface area contributed by atoms with Crippen LogP contribution in [0.15, 0.2) is 53.3 Å². The second-order valence-corrected chi connectivity index (χ2v) is 7.81. The van der Waals surface area contributed by atoms with Crippen LogP contribution in [-0.4, -0.2) is 20.5 Å². The van der Waals surface area contributed by atoms with Gasteiger partial charge in [-0.15, -0.1) is 0 Å². The first-order valence-corrected chi connectivity index (χ1v) is 9.90. The molecule has 0 spiro atoms. The van der Waals surface area contributed by atoms with E-state index in [0.29, 0.717) is 30.8 Å². The van der Waals surface area contributed by atoms with Gasteiger partial charge >= 0.3 is 5.69 Å². The lowest BCUT2D eigenvalue weighted by Crippen LogP contribution is -2.39. The summed E-state index contributed by atoms with van der Waals surface area (Å²) in [4.78, 5) is 13.0. The molecule has 3 aromatic rings. The molecule has 0 radical (unpaired) electrons. The monoisotopic (exact) mass is 397 g/mol. The van der Waals surface area contributed by atoms with Crippen molar-refractivity contribution in [1.82, 2.24) is 14.3 Å². The molecule has 1 atom stereocenters. The lowest BCUT2D eigenvalue weighted by atomic mass is 9.89. The Morgan fingerprint density at radius 1 is 1.07 bits per heavy atom. The number of ether oxygens (including phenoxy) is 1. The molecular weight excluding hydrogens is 376 g/mol. The minimum Gasteiger partial charge on any atom is -0.373 e. The number of nitrogens with zero attached hydrogens (tertiary/aromatic N) is 3. The lowest BCUT2D eigenvalue weighted by Gasteiger charge is -2.34. The Bertz CT molecular complexity index is 1070. The van der Waals surface area contributed by atoms with Crippen molar-refractivity contribution in [2.45, 2.75) is 50.5 Å². The summed E-state index contributed by atoms with van der Waals surface area (Å²) in [5, 5.41) is 4.51. The highest BCUT2D eigenvalue weighted by Crippen LogP contribution is 2.36. The molecule has 29 heavy (non-hydrogen) atoms. The van der Waals surface area contributed by atoms with Crippen molar-refractivity contribution in [1.29, 1.82) is 0 Å². The summed E-state index contributed by atoms with van der Waals surface area (Å²) in [6.45, 7) is 0.556. The first-order chi connectivity index (χ1) is 14.1. The molecule has 0 bridgehead atoms. The Morgan fingerprint density at radius 3 is 2.52 bits per heavy atom. The standard InChI is InChI=1S/C22H21F2N3O2/c23-16-8-15(9-17(24)10-16)20-6-7-21-25-27(22(28)26(20)21)18-11-19(12-18)29-13-14-4-2-1-3-5-14/h1-5,8-10,18-20H,6-7,11-13H2/t18?,19?,20-/m0/s1. The minimum atomic E-state index is -0.633. The number of rotatable bonds is 5. The quantitative estimate of drug-likeness (QED) is 0.658. The van der Waals surface area contributed by atoms with Crippen LogP contribution in [0.5, 0.6) is 0 Å². The average Bonchev–Trinajstić information content (AvgIpc) is 3.21. The second-order valence-electron chi connectivity index (χ2n) is 7.81. The maximum Gasteiger partial charge on any atom is 0.346 e. The highest BCUT2D eigenvalue weighted by atomic mass is 19.1. The molecule has 0 saturated heterocycles. The third kappa shape index (κ3) is 3.40. The number of hydrogen-bond donors (Lipinski definition) is 0. The van der Waals surface area contributed by atoms with Gasteiger partial charge < -0.3 is 4.74 Å². The van der Waals surface area contributed by atoms with Crippen LogP contribution in [0, 0.1) is 11.6 Å². The van der Waals surface area contributed by atoms with Gasteiger partial charge in [-0.25, -0.2) is 18.3 Å². The summed E-state index contributed by atoms with van der Waals surface area (Å²) in [6.07, 6.45) is 2.82. The molecule has 5 rings (SSSR count). The van der Waals surface area contributed by atoms with Gasteiger partial charge in [0.25, 0.3) is 0 Å². The molecule has 2 heterocycles. The van der Waals surface area contributed by atoms with E-state index in [1.807, 2.05) is 30.3 Å². The summed E-state index contributed by atoms with van der Waals surface area (Å²) in [5.74, 6) is -0.587. The Labute approximate surface area is 166 Å². The predicted octanol–water partition coefficient (Wildman–Crippen LogP) is 3.78. The van der Waals surface area contributed by atoms with Crippen molar-refractivity contribution >= 4 is 0 Å². The Kier molecular flexibility index (Phi) is 4.54. The molecule has 0 amide bonds. The van der Waals surface area contributed by atoms with Crippen molar-refractivity contribution in [3.63, 3.8) is 0 Å². The maximum absolute atomic E-state index is 13.6. The van der Waals surface area contributed by atoms with Gasteiger partial charge in [0.2, 0.25) is 0 Å². The smallest absolute Gasteiger partial charge is 0.346 e. The molecule has 150 valence electrons. The molecule has 2 aromatic carbocycles. The van der Waals surface area contributed by atoms with Gasteiger partial charge in [0.05, 0.1) is 24.8 Å². The van der Waals surface area contributed by atoms with Crippen molar-refractivity contribution in [3.8, 4) is 0 Å². The molecule has 1 aromatic heterocycles. The van der Waals surface area contributed by atoms with E-state index in [1.54, 1.807) is 4.57 Å². The second kappa shape index (κ2) is 7.22. The molecule has 1 aliphatic carbocycles. The number of fused-ring (bicyclic) bond motifs is 1. The van der Waals surface area contributed by atoms with Crippen molar-refractivity contribution in [2.24, 2.45) is 0 Å². The summed E-state index contributed by atoms with van der Waals surface area (Å²) in [7, 11) is 0. The number of hydrogen-bond acceptors (Lipinski definition) is 3. The molecule has 0 unspecified atom stereocenters. The van der Waals surface area contributed by atoms with E-state index in [1.165, 1.54) is 16.8 Å². The third-order valence-corrected chi connectivity index (χ3v) is 5.87. The van der Waals surface area contributed by atoms with E-state index in [9.17, 15) is 13.6 Å². The summed E-state index contributed by atoms with van der Waals surface area (Å²) in [6, 6.07) is 13.0. The van der Waals surface area contributed by atoms with Gasteiger partial charge in [0.15, 0.2) is 0 Å². The summed E-state index contributed by atoms with van der Waals surface area (Å²) >= 11 is 0. The molecule has 1 saturated carbocycles. The molecule has 0 N–H and O–H groups in total. The third-order valence-electron chi connectivity index (χ3n) is 5.87. The van der Waals surface area contributed by atoms with Crippen LogP contribution in [0.3, 0.4) is 0 Å². The predicted molar refractivity (Wildman–Crippen MR) is 103 cm³/mol. The molecular formula is C22H21F2N3O2. The highest BCUT2D eigenvalue weighted by molar-refractivity contribution is 5.25. The van der Waals surface area contributed by atoms with Gasteiger partial charge in [0, 0.05) is 12.5 Å². The van der Waals surface area contributed by atoms with Crippen molar-refractivity contribution < 1.29 is 13.5 Å². The van der Waals surface area contributed by atoms with Crippen LogP contribution in [-0.2, 0) is 17.8 Å². The van der Waals surface area contributed by atoms with Gasteiger partial charge in [-0.05, 0) is 42.5 Å². The molecule has 5 nitrogen and oxygen atoms in total. The summed E-state index contributed by atoms with van der Waals surface area (Å²) in [5.41, 5.74) is 1.39. The Morgan fingerprint density at radius 2 is 1.79 bits per heavy atom. The molecule has 1 fully saturated rings. The average molecular weight is 397 g/mol. The van der Waals surface area contributed by atoms with Crippen molar-refractivity contribution in [3.05, 3.63) is 87.6 Å². The highest BCUT2D eigenvalue weighted by Gasteiger charge is 2.37. The fourth-order valence-corrected chi connectivity index (χ4v) is 4.30. The van der Waals surface area contributed by atoms with Gasteiger partial charge in [0.1, 0.15) is 17.5 Å². The van der Waals surface area contributed by atoms with E-state index in [0.717, 1.165) is 24.5 Å². The first kappa shape index (κ1) is 18.2. The first-order valence-electron chi connectivity index (χ1n) is 9.90. The van der Waals surface area contributed by atoms with E-state index in [-0.39, 0.29) is 23.9 Å². The van der Waals surface area contributed by atoms with Crippen molar-refractivity contribution in [2.75, 3.05) is 0 Å². The fourth-order valence-electron chi connectivity index (χ4n) is 4.30. The summed E-state index contributed by atoms with van der Waals surface area (Å²) < 4.78 is 36.3. The van der Waals surface area contributed by atoms with Crippen LogP contribution in [0.1, 0.15) is 48.3 Å². The van der Waals surface area contributed by atoms with Crippen LogP contribution in [0.25, 0.3) is 0 Å². The maximum atomic E-state index is 13.6. The SMILES string of the molecule is O=c1n(C2CC(OCc3ccccc3)C2)nc2n1[C@H](c1cc(F)cc(F)c1)CC2. The van der Waals surface area contributed by atoms with E-state index in [2.05, 4.69) is 5.10 Å². The Hall–Kier alpha value is -2.80. The number of aryl methyl sites for hydroxylation is 1. The van der Waals surface area contributed by atoms with Crippen LogP contribution in [0.2, 0.25) is 0 Å². The van der Waals surface area contributed by atoms with E-state index >= 15 is 0 Å². The van der Waals surface area contributed by atoms with E-state index < -0.39 is 11.6 Å². The fraction of sp³-hybridized carbons (Fsp3) is 0.364. The Balaban J connectivity index is 1.29. The zero-order chi connectivity index (χ0) is 20.0. The molecule has 7 heteroatoms. The largest absolute Gasteiger partial charge is 0.373 e. The van der Waals surface area contributed by atoms with Crippen LogP contribution in [0.4, 0.5) is 8.78 Å². The topological polar surface area (TPSA) is 49.1 Å². The number of benzene rings is 2. The number of aromatic nitrogens is 3. The van der Waals surface area contributed by atoms with Gasteiger partial charge in [-0.3, -0.25) is 4.57 Å². The van der Waals surface area contributed by atoms with E-state index in [4.69, 9.17) is 4.74 Å². The van der Waals surface area contributed by atoms with Gasteiger partial charge in [-0.2, -0.15) is 5.10 Å². The minimum absolute atomic E-state index is 0.00580. The van der Waals surface area contributed by atoms with Crippen LogP contribution < -0.4 is 5.69 Å². The van der Waals surface area contributed by atoms with Gasteiger partial charge in [-0.1, -0.05) is 30.3 Å². The molecule has 1 aliphatic heterocycles. The molecule has 2 aliphatic rings. The van der Waals surface area contributed by atoms with Crippen LogP contribution >= 0.6 is 0 Å². The number of halogens is 2. The lowest BCUT2D eigenvalue weighted by molar-refractivity contribution is -0.0394.